The minimum Gasteiger partial charge on any atom is -0.300 e. The fourth-order valence-electron chi connectivity index (χ4n) is 0.991. The Kier molecular flexibility index (Phi) is 3.20. The highest BCUT2D eigenvalue weighted by Gasteiger charge is 2.06. The Balaban J connectivity index is 3.09. The predicted octanol–water partition coefficient (Wildman–Crippen LogP) is 2.29. The van der Waals surface area contributed by atoms with Crippen molar-refractivity contribution in [3.05, 3.63) is 33.5 Å². The molecule has 0 bridgehead atoms. The summed E-state index contributed by atoms with van der Waals surface area (Å²) in [6.45, 7) is 1.97. The van der Waals surface area contributed by atoms with Crippen molar-refractivity contribution in [2.75, 3.05) is 0 Å². The Morgan fingerprint density at radius 2 is 2.25 bits per heavy atom. The van der Waals surface area contributed by atoms with Gasteiger partial charge in [0.25, 0.3) is 0 Å². The van der Waals surface area contributed by atoms with Crippen LogP contribution in [0.25, 0.3) is 0 Å². The Labute approximate surface area is 78.6 Å². The summed E-state index contributed by atoms with van der Waals surface area (Å²) in [7, 11) is 0. The van der Waals surface area contributed by atoms with E-state index in [0.29, 0.717) is 10.0 Å². The van der Waals surface area contributed by atoms with E-state index >= 15 is 0 Å². The lowest BCUT2D eigenvalue weighted by Crippen LogP contribution is -2.02. The number of hydrogen-bond acceptors (Lipinski definition) is 2. The number of hydrogen-bond donors (Lipinski definition) is 1. The van der Waals surface area contributed by atoms with Gasteiger partial charge >= 0.3 is 0 Å². The number of halogens is 2. The molecular weight excluding hydrogens is 225 g/mol. The first kappa shape index (κ1) is 9.64. The molecule has 0 atom stereocenters. The summed E-state index contributed by atoms with van der Waals surface area (Å²) in [4.78, 5) is 4.36. The Hall–Kier alpha value is -0.450. The second kappa shape index (κ2) is 3.98. The maximum atomic E-state index is 13.2. The molecule has 1 aromatic carbocycles. The molecule has 0 radical (unpaired) electrons. The lowest BCUT2D eigenvalue weighted by Gasteiger charge is -2.04. The SMILES string of the molecule is Cc1cc(Br)c(F)c(CON)c1. The third-order valence-corrected chi connectivity index (χ3v) is 2.06. The molecule has 0 heterocycles. The van der Waals surface area contributed by atoms with Crippen LogP contribution in [-0.4, -0.2) is 0 Å². The minimum absolute atomic E-state index is 0.0894. The molecule has 0 aliphatic rings. The summed E-state index contributed by atoms with van der Waals surface area (Å²) in [6, 6.07) is 3.41. The minimum atomic E-state index is -0.314. The van der Waals surface area contributed by atoms with Crippen molar-refractivity contribution in [3.8, 4) is 0 Å². The number of benzene rings is 1. The second-order valence-corrected chi connectivity index (χ2v) is 3.39. The molecule has 0 saturated heterocycles. The van der Waals surface area contributed by atoms with Gasteiger partial charge in [0.05, 0.1) is 11.1 Å². The average molecular weight is 234 g/mol. The zero-order valence-electron chi connectivity index (χ0n) is 6.60. The van der Waals surface area contributed by atoms with E-state index < -0.39 is 0 Å². The highest BCUT2D eigenvalue weighted by atomic mass is 79.9. The van der Waals surface area contributed by atoms with Gasteiger partial charge in [0.2, 0.25) is 0 Å². The summed E-state index contributed by atoms with van der Waals surface area (Å²) < 4.78 is 13.6. The van der Waals surface area contributed by atoms with Gasteiger partial charge in [-0.2, -0.15) is 0 Å². The smallest absolute Gasteiger partial charge is 0.142 e. The van der Waals surface area contributed by atoms with Crippen molar-refractivity contribution in [1.82, 2.24) is 0 Å². The van der Waals surface area contributed by atoms with E-state index in [1.807, 2.05) is 6.92 Å². The van der Waals surface area contributed by atoms with Crippen LogP contribution in [0.15, 0.2) is 16.6 Å². The molecule has 0 aliphatic carbocycles. The molecule has 1 rings (SSSR count). The molecule has 0 unspecified atom stereocenters. The third kappa shape index (κ3) is 2.03. The molecule has 1 aromatic rings. The van der Waals surface area contributed by atoms with Crippen molar-refractivity contribution in [2.45, 2.75) is 13.5 Å². The Bertz CT molecular complexity index is 291. The largest absolute Gasteiger partial charge is 0.300 e. The van der Waals surface area contributed by atoms with E-state index in [-0.39, 0.29) is 12.4 Å². The van der Waals surface area contributed by atoms with E-state index in [4.69, 9.17) is 5.90 Å². The lowest BCUT2D eigenvalue weighted by molar-refractivity contribution is 0.121. The van der Waals surface area contributed by atoms with Gasteiger partial charge in [-0.05, 0) is 34.5 Å². The molecule has 0 aromatic heterocycles. The summed E-state index contributed by atoms with van der Waals surface area (Å²) >= 11 is 3.10. The Morgan fingerprint density at radius 1 is 1.58 bits per heavy atom. The van der Waals surface area contributed by atoms with Crippen molar-refractivity contribution in [2.24, 2.45) is 5.90 Å². The number of nitrogens with two attached hydrogens (primary N) is 1. The normalized spacial score (nSPS) is 10.3. The fourth-order valence-corrected chi connectivity index (χ4v) is 1.61. The van der Waals surface area contributed by atoms with Crippen molar-refractivity contribution in [3.63, 3.8) is 0 Å². The quantitative estimate of drug-likeness (QED) is 0.796. The van der Waals surface area contributed by atoms with Gasteiger partial charge in [0.15, 0.2) is 0 Å². The molecule has 12 heavy (non-hydrogen) atoms. The molecule has 2 N–H and O–H groups in total. The highest BCUT2D eigenvalue weighted by Crippen LogP contribution is 2.21. The van der Waals surface area contributed by atoms with Gasteiger partial charge in [-0.15, -0.1) is 0 Å². The predicted molar refractivity (Wildman–Crippen MR) is 47.8 cm³/mol. The van der Waals surface area contributed by atoms with Crippen molar-refractivity contribution in [1.29, 1.82) is 0 Å². The van der Waals surface area contributed by atoms with Crippen LogP contribution in [0.4, 0.5) is 4.39 Å². The molecular formula is C8H9BrFNO. The van der Waals surface area contributed by atoms with E-state index in [1.54, 1.807) is 12.1 Å². The standard InChI is InChI=1S/C8H9BrFNO/c1-5-2-6(4-12-11)8(10)7(9)3-5/h2-3H,4,11H2,1H3. The zero-order valence-corrected chi connectivity index (χ0v) is 8.19. The molecule has 0 saturated carbocycles. The van der Waals surface area contributed by atoms with Gasteiger partial charge in [-0.25, -0.2) is 10.3 Å². The van der Waals surface area contributed by atoms with Crippen LogP contribution in [0, 0.1) is 12.7 Å². The van der Waals surface area contributed by atoms with E-state index in [0.717, 1.165) is 5.56 Å². The van der Waals surface area contributed by atoms with Crippen LogP contribution < -0.4 is 5.90 Å². The number of aryl methyl sites for hydroxylation is 1. The summed E-state index contributed by atoms with van der Waals surface area (Å²) in [5.41, 5.74) is 1.43. The summed E-state index contributed by atoms with van der Waals surface area (Å²) in [6.07, 6.45) is 0. The van der Waals surface area contributed by atoms with Crippen LogP contribution in [-0.2, 0) is 11.4 Å². The molecule has 0 amide bonds. The zero-order chi connectivity index (χ0) is 9.14. The van der Waals surface area contributed by atoms with E-state index in [2.05, 4.69) is 20.8 Å². The molecule has 0 spiro atoms. The van der Waals surface area contributed by atoms with Crippen LogP contribution in [0.2, 0.25) is 0 Å². The molecule has 66 valence electrons. The lowest BCUT2D eigenvalue weighted by atomic mass is 10.1. The Morgan fingerprint density at radius 3 is 2.83 bits per heavy atom. The first-order valence-corrected chi connectivity index (χ1v) is 4.20. The van der Waals surface area contributed by atoms with Crippen LogP contribution in [0.1, 0.15) is 11.1 Å². The van der Waals surface area contributed by atoms with Crippen LogP contribution in [0.5, 0.6) is 0 Å². The molecule has 0 fully saturated rings. The first-order chi connectivity index (χ1) is 5.65. The topological polar surface area (TPSA) is 35.2 Å². The van der Waals surface area contributed by atoms with E-state index in [9.17, 15) is 4.39 Å². The monoisotopic (exact) mass is 233 g/mol. The van der Waals surface area contributed by atoms with Crippen LogP contribution >= 0.6 is 15.9 Å². The maximum Gasteiger partial charge on any atom is 0.142 e. The van der Waals surface area contributed by atoms with Crippen molar-refractivity contribution < 1.29 is 9.23 Å². The third-order valence-electron chi connectivity index (χ3n) is 1.49. The van der Waals surface area contributed by atoms with Gasteiger partial charge in [0.1, 0.15) is 5.82 Å². The maximum absolute atomic E-state index is 13.2. The second-order valence-electron chi connectivity index (χ2n) is 2.53. The molecule has 2 nitrogen and oxygen atoms in total. The molecule has 0 aliphatic heterocycles. The van der Waals surface area contributed by atoms with Crippen LogP contribution in [0.3, 0.4) is 0 Å². The van der Waals surface area contributed by atoms with Gasteiger partial charge in [-0.3, -0.25) is 4.84 Å². The summed E-state index contributed by atoms with van der Waals surface area (Å²) in [5, 5.41) is 0. The first-order valence-electron chi connectivity index (χ1n) is 3.41. The van der Waals surface area contributed by atoms with Gasteiger partial charge in [0, 0.05) is 5.56 Å². The van der Waals surface area contributed by atoms with Gasteiger partial charge < -0.3 is 0 Å². The highest BCUT2D eigenvalue weighted by molar-refractivity contribution is 9.10. The summed E-state index contributed by atoms with van der Waals surface area (Å²) in [5.74, 6) is 4.53. The fraction of sp³-hybridized carbons (Fsp3) is 0.250. The van der Waals surface area contributed by atoms with Gasteiger partial charge in [-0.1, -0.05) is 6.07 Å². The van der Waals surface area contributed by atoms with E-state index in [1.165, 1.54) is 0 Å². The van der Waals surface area contributed by atoms with Crippen molar-refractivity contribution >= 4 is 15.9 Å². The average Bonchev–Trinajstić information content (AvgIpc) is 2.00. The molecule has 4 heteroatoms. The number of rotatable bonds is 2.